The smallest absolute Gasteiger partial charge is 0.244 e. The Bertz CT molecular complexity index is 571. The van der Waals surface area contributed by atoms with E-state index in [2.05, 4.69) is 16.0 Å². The zero-order chi connectivity index (χ0) is 14.9. The van der Waals surface area contributed by atoms with Gasteiger partial charge in [-0.2, -0.15) is 5.26 Å². The SMILES string of the molecule is CN1CCN(CC#N)[C@@]2(CCN(c3ncccn3)C2)C1=O. The number of rotatable bonds is 2. The molecule has 0 saturated carbocycles. The van der Waals surface area contributed by atoms with E-state index in [0.29, 0.717) is 25.5 Å². The van der Waals surface area contributed by atoms with Gasteiger partial charge in [0.05, 0.1) is 12.6 Å². The Morgan fingerprint density at radius 1 is 1.33 bits per heavy atom. The van der Waals surface area contributed by atoms with Crippen LogP contribution in [0.3, 0.4) is 0 Å². The molecule has 2 aliphatic heterocycles. The highest BCUT2D eigenvalue weighted by molar-refractivity contribution is 5.88. The molecule has 7 nitrogen and oxygen atoms in total. The zero-order valence-corrected chi connectivity index (χ0v) is 12.1. The predicted molar refractivity (Wildman–Crippen MR) is 76.4 cm³/mol. The molecule has 2 aliphatic rings. The van der Waals surface area contributed by atoms with Gasteiger partial charge >= 0.3 is 0 Å². The summed E-state index contributed by atoms with van der Waals surface area (Å²) < 4.78 is 0. The lowest BCUT2D eigenvalue weighted by Gasteiger charge is -2.45. The van der Waals surface area contributed by atoms with E-state index in [1.54, 1.807) is 23.4 Å². The first-order valence-corrected chi connectivity index (χ1v) is 7.07. The Morgan fingerprint density at radius 2 is 2.10 bits per heavy atom. The number of carbonyl (C=O) groups is 1. The van der Waals surface area contributed by atoms with E-state index in [9.17, 15) is 4.79 Å². The van der Waals surface area contributed by atoms with Gasteiger partial charge in [-0.1, -0.05) is 0 Å². The van der Waals surface area contributed by atoms with Crippen molar-refractivity contribution in [2.75, 3.05) is 44.7 Å². The van der Waals surface area contributed by atoms with Crippen molar-refractivity contribution in [3.05, 3.63) is 18.5 Å². The third-order valence-corrected chi connectivity index (χ3v) is 4.40. The molecule has 21 heavy (non-hydrogen) atoms. The van der Waals surface area contributed by atoms with Gasteiger partial charge in [-0.05, 0) is 12.5 Å². The number of likely N-dealkylation sites (N-methyl/N-ethyl adjacent to an activating group) is 1. The maximum atomic E-state index is 12.7. The number of piperazine rings is 1. The van der Waals surface area contributed by atoms with Crippen LogP contribution in [0, 0.1) is 11.3 Å². The Morgan fingerprint density at radius 3 is 2.81 bits per heavy atom. The average molecular weight is 286 g/mol. The number of carbonyl (C=O) groups excluding carboxylic acids is 1. The van der Waals surface area contributed by atoms with Crippen molar-refractivity contribution in [3.8, 4) is 6.07 Å². The molecule has 0 unspecified atom stereocenters. The van der Waals surface area contributed by atoms with E-state index >= 15 is 0 Å². The summed E-state index contributed by atoms with van der Waals surface area (Å²) in [4.78, 5) is 27.0. The highest BCUT2D eigenvalue weighted by atomic mass is 16.2. The van der Waals surface area contributed by atoms with Crippen LogP contribution in [-0.4, -0.2) is 71.0 Å². The van der Waals surface area contributed by atoms with Crippen molar-refractivity contribution in [1.29, 1.82) is 5.26 Å². The second-order valence-corrected chi connectivity index (χ2v) is 5.56. The normalized spacial score (nSPS) is 26.4. The molecule has 0 radical (unpaired) electrons. The van der Waals surface area contributed by atoms with Crippen LogP contribution in [-0.2, 0) is 4.79 Å². The van der Waals surface area contributed by atoms with Gasteiger partial charge in [-0.3, -0.25) is 9.69 Å². The minimum atomic E-state index is -0.609. The maximum absolute atomic E-state index is 12.7. The summed E-state index contributed by atoms with van der Waals surface area (Å²) in [5.41, 5.74) is -0.609. The predicted octanol–water partition coefficient (Wildman–Crippen LogP) is -0.277. The summed E-state index contributed by atoms with van der Waals surface area (Å²) in [6, 6.07) is 3.96. The van der Waals surface area contributed by atoms with Crippen LogP contribution in [0.1, 0.15) is 6.42 Å². The molecule has 0 N–H and O–H groups in total. The molecule has 7 heteroatoms. The Hall–Kier alpha value is -2.20. The fourth-order valence-corrected chi connectivity index (χ4v) is 3.24. The summed E-state index contributed by atoms with van der Waals surface area (Å²) in [5.74, 6) is 0.745. The average Bonchev–Trinajstić information content (AvgIpc) is 2.96. The molecule has 2 fully saturated rings. The van der Waals surface area contributed by atoms with Crippen LogP contribution >= 0.6 is 0 Å². The van der Waals surface area contributed by atoms with E-state index in [1.807, 2.05) is 16.8 Å². The van der Waals surface area contributed by atoms with E-state index in [-0.39, 0.29) is 12.5 Å². The number of anilines is 1. The van der Waals surface area contributed by atoms with E-state index in [1.165, 1.54) is 0 Å². The van der Waals surface area contributed by atoms with Crippen molar-refractivity contribution in [2.45, 2.75) is 12.0 Å². The van der Waals surface area contributed by atoms with Gasteiger partial charge in [-0.25, -0.2) is 9.97 Å². The number of hydrogen-bond donors (Lipinski definition) is 0. The molecular formula is C14H18N6O. The molecule has 1 spiro atoms. The van der Waals surface area contributed by atoms with E-state index in [4.69, 9.17) is 5.26 Å². The van der Waals surface area contributed by atoms with Crippen LogP contribution in [0.4, 0.5) is 5.95 Å². The lowest BCUT2D eigenvalue weighted by Crippen LogP contribution is -2.66. The minimum absolute atomic E-state index is 0.0995. The first kappa shape index (κ1) is 13.8. The molecule has 1 amide bonds. The first-order chi connectivity index (χ1) is 10.2. The monoisotopic (exact) mass is 286 g/mol. The molecule has 1 atom stereocenters. The van der Waals surface area contributed by atoms with Crippen LogP contribution in [0.5, 0.6) is 0 Å². The third-order valence-electron chi connectivity index (χ3n) is 4.40. The second-order valence-electron chi connectivity index (χ2n) is 5.56. The van der Waals surface area contributed by atoms with Gasteiger partial charge in [-0.15, -0.1) is 0 Å². The molecule has 0 aliphatic carbocycles. The first-order valence-electron chi connectivity index (χ1n) is 7.07. The zero-order valence-electron chi connectivity index (χ0n) is 12.1. The van der Waals surface area contributed by atoms with Crippen molar-refractivity contribution < 1.29 is 4.79 Å². The molecule has 0 aromatic carbocycles. The van der Waals surface area contributed by atoms with Gasteiger partial charge in [0.2, 0.25) is 11.9 Å². The van der Waals surface area contributed by atoms with Gasteiger partial charge in [0, 0.05) is 45.6 Å². The summed E-state index contributed by atoms with van der Waals surface area (Å²) in [6.07, 6.45) is 4.11. The summed E-state index contributed by atoms with van der Waals surface area (Å²) >= 11 is 0. The highest BCUT2D eigenvalue weighted by Gasteiger charge is 2.52. The van der Waals surface area contributed by atoms with Gasteiger partial charge in [0.15, 0.2) is 0 Å². The fraction of sp³-hybridized carbons (Fsp3) is 0.571. The molecule has 2 saturated heterocycles. The van der Waals surface area contributed by atoms with Crippen LogP contribution in [0.2, 0.25) is 0 Å². The number of amides is 1. The lowest BCUT2D eigenvalue weighted by molar-refractivity contribution is -0.147. The minimum Gasteiger partial charge on any atom is -0.343 e. The van der Waals surface area contributed by atoms with Crippen LogP contribution in [0.25, 0.3) is 0 Å². The molecule has 0 bridgehead atoms. The second kappa shape index (κ2) is 5.30. The summed E-state index contributed by atoms with van der Waals surface area (Å²) in [7, 11) is 1.83. The molecule has 3 rings (SSSR count). The van der Waals surface area contributed by atoms with Crippen LogP contribution in [0.15, 0.2) is 18.5 Å². The Balaban J connectivity index is 1.88. The number of aromatic nitrogens is 2. The van der Waals surface area contributed by atoms with Crippen molar-refractivity contribution in [1.82, 2.24) is 19.8 Å². The quantitative estimate of drug-likeness (QED) is 0.696. The largest absolute Gasteiger partial charge is 0.343 e. The topological polar surface area (TPSA) is 76.4 Å². The van der Waals surface area contributed by atoms with Gasteiger partial charge in [0.1, 0.15) is 5.54 Å². The molecule has 3 heterocycles. The van der Waals surface area contributed by atoms with Crippen molar-refractivity contribution in [3.63, 3.8) is 0 Å². The summed E-state index contributed by atoms with van der Waals surface area (Å²) in [6.45, 7) is 2.96. The van der Waals surface area contributed by atoms with Crippen molar-refractivity contribution in [2.24, 2.45) is 0 Å². The fourth-order valence-electron chi connectivity index (χ4n) is 3.24. The van der Waals surface area contributed by atoms with Gasteiger partial charge < -0.3 is 9.80 Å². The standard InChI is InChI=1S/C14H18N6O/c1-18-9-10-20(8-4-15)14(12(18)21)3-7-19(11-14)13-16-5-2-6-17-13/h2,5-6H,3,7-11H2,1H3/t14-/m1/s1. The van der Waals surface area contributed by atoms with E-state index in [0.717, 1.165) is 13.1 Å². The van der Waals surface area contributed by atoms with Gasteiger partial charge in [0.25, 0.3) is 0 Å². The van der Waals surface area contributed by atoms with Crippen molar-refractivity contribution >= 4 is 11.9 Å². The molecule has 1 aromatic heterocycles. The third kappa shape index (κ3) is 2.21. The van der Waals surface area contributed by atoms with E-state index < -0.39 is 5.54 Å². The maximum Gasteiger partial charge on any atom is 0.244 e. The molecular weight excluding hydrogens is 268 g/mol. The number of hydrogen-bond acceptors (Lipinski definition) is 6. The summed E-state index contributed by atoms with van der Waals surface area (Å²) in [5, 5.41) is 9.04. The Kier molecular flexibility index (Phi) is 3.47. The van der Waals surface area contributed by atoms with Crippen LogP contribution < -0.4 is 4.90 Å². The number of nitriles is 1. The molecule has 1 aromatic rings. The lowest BCUT2D eigenvalue weighted by atomic mass is 9.91. The highest BCUT2D eigenvalue weighted by Crippen LogP contribution is 2.33. The molecule has 110 valence electrons. The number of nitrogens with zero attached hydrogens (tertiary/aromatic N) is 6. The Labute approximate surface area is 123 Å².